The van der Waals surface area contributed by atoms with Gasteiger partial charge < -0.3 is 20.6 Å². The number of nitrogens with one attached hydrogen (secondary N) is 2. The van der Waals surface area contributed by atoms with E-state index in [9.17, 15) is 28.3 Å². The zero-order chi connectivity index (χ0) is 28.0. The van der Waals surface area contributed by atoms with E-state index < -0.39 is 58.2 Å². The molecule has 206 valence electrons. The topological polar surface area (TPSA) is 112 Å². The van der Waals surface area contributed by atoms with Crippen LogP contribution in [0.4, 0.5) is 8.78 Å². The van der Waals surface area contributed by atoms with Crippen molar-refractivity contribution >= 4 is 41.7 Å². The number of benzene rings is 1. The number of alkyl halides is 1. The highest BCUT2D eigenvalue weighted by Gasteiger charge is 2.53. The summed E-state index contributed by atoms with van der Waals surface area (Å²) in [5, 5.41) is 15.6. The van der Waals surface area contributed by atoms with Crippen LogP contribution >= 0.6 is 24.0 Å². The molecule has 1 aromatic heterocycles. The fourth-order valence-electron chi connectivity index (χ4n) is 4.55. The van der Waals surface area contributed by atoms with Gasteiger partial charge in [0, 0.05) is 23.3 Å². The molecule has 1 aliphatic carbocycles. The maximum atomic E-state index is 14.9. The quantitative estimate of drug-likeness (QED) is 0.367. The average Bonchev–Trinajstić information content (AvgIpc) is 3.25. The molecular formula is C26H32F2N4O4S2. The molecule has 3 N–H and O–H groups in total. The van der Waals surface area contributed by atoms with Crippen LogP contribution in [-0.2, 0) is 14.4 Å². The van der Waals surface area contributed by atoms with Crippen molar-refractivity contribution in [2.75, 3.05) is 6.54 Å². The number of thiazole rings is 1. The minimum absolute atomic E-state index is 0.0110. The zero-order valence-electron chi connectivity index (χ0n) is 21.6. The van der Waals surface area contributed by atoms with Crippen LogP contribution < -0.4 is 10.6 Å². The summed E-state index contributed by atoms with van der Waals surface area (Å²) >= 11 is 5.78. The first-order valence-corrected chi connectivity index (χ1v) is 13.7. The first-order chi connectivity index (χ1) is 17.7. The van der Waals surface area contributed by atoms with Gasteiger partial charge in [-0.3, -0.25) is 14.4 Å². The molecule has 0 unspecified atom stereocenters. The van der Waals surface area contributed by atoms with Gasteiger partial charge in [-0.25, -0.2) is 13.8 Å². The largest absolute Gasteiger partial charge is 0.391 e. The predicted octanol–water partition coefficient (Wildman–Crippen LogP) is 3.09. The Kier molecular flexibility index (Phi) is 7.89. The highest BCUT2D eigenvalue weighted by atomic mass is 32.1. The Labute approximate surface area is 229 Å². The van der Waals surface area contributed by atoms with Crippen molar-refractivity contribution in [2.45, 2.75) is 81.6 Å². The van der Waals surface area contributed by atoms with E-state index in [4.69, 9.17) is 0 Å². The standard InChI is InChI=1S/C26H32F2N4O4S2/c1-13(15-5-6-17(18(27)9-15)20-14(2)29-12-38-20)30-22(34)19-10-16(33)11-32(19)23(35)21(25(3,4)37)31-24(36)26(28)7-8-26/h5-6,9,12-13,16,19,21,33,37H,7-8,10-11H2,1-4H3,(H,30,34)(H,31,36)/t13-,16+,19-,21+/m0/s1. The summed E-state index contributed by atoms with van der Waals surface area (Å²) in [4.78, 5) is 45.2. The average molecular weight is 567 g/mol. The Morgan fingerprint density at radius 3 is 2.53 bits per heavy atom. The normalized spacial score (nSPS) is 22.1. The lowest BCUT2D eigenvalue weighted by Crippen LogP contribution is -2.60. The number of rotatable bonds is 8. The molecule has 0 radical (unpaired) electrons. The molecule has 12 heteroatoms. The minimum Gasteiger partial charge on any atom is -0.391 e. The molecule has 0 bridgehead atoms. The molecule has 2 fully saturated rings. The van der Waals surface area contributed by atoms with Crippen LogP contribution in [0.3, 0.4) is 0 Å². The molecular weight excluding hydrogens is 534 g/mol. The number of nitrogens with zero attached hydrogens (tertiary/aromatic N) is 2. The number of hydrogen-bond acceptors (Lipinski definition) is 7. The number of aliphatic hydroxyl groups is 1. The summed E-state index contributed by atoms with van der Waals surface area (Å²) in [7, 11) is 0. The van der Waals surface area contributed by atoms with Gasteiger partial charge in [0.2, 0.25) is 11.8 Å². The van der Waals surface area contributed by atoms with Crippen LogP contribution in [0.15, 0.2) is 23.7 Å². The van der Waals surface area contributed by atoms with E-state index in [-0.39, 0.29) is 25.8 Å². The van der Waals surface area contributed by atoms with Crippen LogP contribution in [0, 0.1) is 12.7 Å². The molecule has 1 aliphatic heterocycles. The van der Waals surface area contributed by atoms with Gasteiger partial charge in [-0.1, -0.05) is 12.1 Å². The number of aryl methyl sites for hydroxylation is 1. The fraction of sp³-hybridized carbons (Fsp3) is 0.538. The van der Waals surface area contributed by atoms with E-state index in [1.165, 1.54) is 22.3 Å². The summed E-state index contributed by atoms with van der Waals surface area (Å²) in [5.74, 6) is -2.50. The molecule has 2 aromatic rings. The van der Waals surface area contributed by atoms with Crippen LogP contribution in [-0.4, -0.2) is 67.9 Å². The molecule has 1 saturated carbocycles. The smallest absolute Gasteiger partial charge is 0.258 e. The van der Waals surface area contributed by atoms with Crippen molar-refractivity contribution in [3.8, 4) is 10.4 Å². The summed E-state index contributed by atoms with van der Waals surface area (Å²) < 4.78 is 28.2. The van der Waals surface area contributed by atoms with Gasteiger partial charge >= 0.3 is 0 Å². The summed E-state index contributed by atoms with van der Waals surface area (Å²) in [6, 6.07) is 1.87. The number of β-amino-alcohol motifs (C(OH)–C–C–N with tert-alkyl or cyclic N) is 1. The minimum atomic E-state index is -1.99. The van der Waals surface area contributed by atoms with Crippen molar-refractivity contribution in [2.24, 2.45) is 0 Å². The zero-order valence-corrected chi connectivity index (χ0v) is 23.3. The predicted molar refractivity (Wildman–Crippen MR) is 143 cm³/mol. The van der Waals surface area contributed by atoms with Crippen molar-refractivity contribution in [3.63, 3.8) is 0 Å². The Hall–Kier alpha value is -2.57. The first-order valence-electron chi connectivity index (χ1n) is 12.4. The number of aliphatic hydroxyl groups excluding tert-OH is 1. The third kappa shape index (κ3) is 5.86. The molecule has 4 rings (SSSR count). The van der Waals surface area contributed by atoms with Gasteiger partial charge in [0.1, 0.15) is 17.9 Å². The number of aromatic nitrogens is 1. The van der Waals surface area contributed by atoms with E-state index in [0.29, 0.717) is 11.1 Å². The van der Waals surface area contributed by atoms with Crippen molar-refractivity contribution in [1.82, 2.24) is 20.5 Å². The van der Waals surface area contributed by atoms with Crippen LogP contribution in [0.25, 0.3) is 10.4 Å². The second-order valence-electron chi connectivity index (χ2n) is 10.7. The van der Waals surface area contributed by atoms with E-state index in [0.717, 1.165) is 10.6 Å². The second kappa shape index (κ2) is 10.5. The van der Waals surface area contributed by atoms with Gasteiger partial charge in [-0.2, -0.15) is 12.6 Å². The van der Waals surface area contributed by atoms with Gasteiger partial charge in [0.15, 0.2) is 5.67 Å². The third-order valence-electron chi connectivity index (χ3n) is 7.03. The Morgan fingerprint density at radius 1 is 1.29 bits per heavy atom. The molecule has 4 atom stereocenters. The first kappa shape index (κ1) is 28.4. The number of carbonyl (C=O) groups excluding carboxylic acids is 3. The lowest BCUT2D eigenvalue weighted by molar-refractivity contribution is -0.143. The maximum absolute atomic E-state index is 14.9. The van der Waals surface area contributed by atoms with Gasteiger partial charge in [-0.05, 0) is 52.2 Å². The molecule has 1 saturated heterocycles. The fourth-order valence-corrected chi connectivity index (χ4v) is 5.55. The Balaban J connectivity index is 1.48. The molecule has 0 spiro atoms. The van der Waals surface area contributed by atoms with Crippen molar-refractivity contribution in [1.29, 1.82) is 0 Å². The second-order valence-corrected chi connectivity index (χ2v) is 12.7. The molecule has 8 nitrogen and oxygen atoms in total. The SMILES string of the molecule is Cc1ncsc1-c1ccc([C@H](C)NC(=O)[C@@H]2C[C@@H](O)CN2C(=O)[C@@H](NC(=O)C2(F)CC2)C(C)(C)S)cc1F. The van der Waals surface area contributed by atoms with Crippen molar-refractivity contribution in [3.05, 3.63) is 40.8 Å². The molecule has 1 aromatic carbocycles. The number of amides is 3. The van der Waals surface area contributed by atoms with Crippen molar-refractivity contribution < 1.29 is 28.3 Å². The number of thiol groups is 1. The van der Waals surface area contributed by atoms with Gasteiger partial charge in [0.05, 0.1) is 28.2 Å². The summed E-state index contributed by atoms with van der Waals surface area (Å²) in [5.41, 5.74) is 1.34. The molecule has 2 aliphatic rings. The van der Waals surface area contributed by atoms with Crippen LogP contribution in [0.1, 0.15) is 57.3 Å². The monoisotopic (exact) mass is 566 g/mol. The van der Waals surface area contributed by atoms with Gasteiger partial charge in [-0.15, -0.1) is 11.3 Å². The lowest BCUT2D eigenvalue weighted by atomic mass is 10.00. The number of likely N-dealkylation sites (tertiary alicyclic amines) is 1. The Morgan fingerprint density at radius 2 is 1.97 bits per heavy atom. The van der Waals surface area contributed by atoms with E-state index in [1.54, 1.807) is 45.3 Å². The number of hydrogen-bond donors (Lipinski definition) is 4. The molecule has 3 amide bonds. The van der Waals surface area contributed by atoms with E-state index >= 15 is 0 Å². The van der Waals surface area contributed by atoms with E-state index in [2.05, 4.69) is 28.2 Å². The van der Waals surface area contributed by atoms with E-state index in [1.807, 2.05) is 0 Å². The Bertz CT molecular complexity index is 1240. The number of carbonyl (C=O) groups is 3. The van der Waals surface area contributed by atoms with Gasteiger partial charge in [0.25, 0.3) is 5.91 Å². The highest BCUT2D eigenvalue weighted by molar-refractivity contribution is 7.81. The lowest BCUT2D eigenvalue weighted by Gasteiger charge is -2.35. The summed E-state index contributed by atoms with van der Waals surface area (Å²) in [6.45, 7) is 6.58. The number of halogens is 2. The van der Waals surface area contributed by atoms with Crippen LogP contribution in [0.2, 0.25) is 0 Å². The third-order valence-corrected chi connectivity index (χ3v) is 8.25. The highest BCUT2D eigenvalue weighted by Crippen LogP contribution is 2.40. The van der Waals surface area contributed by atoms with Crippen LogP contribution in [0.5, 0.6) is 0 Å². The summed E-state index contributed by atoms with van der Waals surface area (Å²) in [6.07, 6.45) is -0.796. The molecule has 38 heavy (non-hydrogen) atoms. The molecule has 2 heterocycles. The maximum Gasteiger partial charge on any atom is 0.258 e.